The van der Waals surface area contributed by atoms with Gasteiger partial charge in [-0.25, -0.2) is 0 Å². The van der Waals surface area contributed by atoms with Crippen LogP contribution in [-0.2, 0) is 0 Å². The minimum Gasteiger partial charge on any atom is -0.372 e. The summed E-state index contributed by atoms with van der Waals surface area (Å²) in [6.45, 7) is 30.0. The van der Waals surface area contributed by atoms with Gasteiger partial charge in [0.25, 0.3) is 0 Å². The number of piperidine rings is 2. The molecule has 0 radical (unpaired) electrons. The number of likely N-dealkylation sites (N-methyl/N-ethyl adjacent to an activating group) is 1. The SMILES string of the molecule is CC(C)c1ccc(N2CCCC2)cc1.CC(C)c1ccc(N2CCCCC2)cc1.CC(C)c1ccc(N2CCCCC2)cc1.CC(C)c1ccc(N2CCN(C)CC2)cc1. The summed E-state index contributed by atoms with van der Waals surface area (Å²) in [6, 6.07) is 36.3. The van der Waals surface area contributed by atoms with Gasteiger partial charge in [-0.15, -0.1) is 0 Å². The predicted molar refractivity (Wildman–Crippen MR) is 265 cm³/mol. The Bertz CT molecular complexity index is 1650. The monoisotopic (exact) mass is 814 g/mol. The largest absolute Gasteiger partial charge is 0.372 e. The van der Waals surface area contributed by atoms with Crippen molar-refractivity contribution in [3.05, 3.63) is 119 Å². The molecule has 4 fully saturated rings. The summed E-state index contributed by atoms with van der Waals surface area (Å²) in [7, 11) is 2.19. The van der Waals surface area contributed by atoms with E-state index in [1.54, 1.807) is 0 Å². The van der Waals surface area contributed by atoms with Crippen LogP contribution in [0.5, 0.6) is 0 Å². The summed E-state index contributed by atoms with van der Waals surface area (Å²) in [6.07, 6.45) is 10.9. The van der Waals surface area contributed by atoms with E-state index in [0.717, 1.165) is 13.1 Å². The molecule has 5 nitrogen and oxygen atoms in total. The summed E-state index contributed by atoms with van der Waals surface area (Å²) in [4.78, 5) is 12.4. The Hall–Kier alpha value is -3.96. The highest BCUT2D eigenvalue weighted by Crippen LogP contribution is 2.26. The average molecular weight is 814 g/mol. The lowest BCUT2D eigenvalue weighted by atomic mass is 10.0. The highest BCUT2D eigenvalue weighted by Gasteiger charge is 2.15. The first-order chi connectivity index (χ1) is 29.0. The molecule has 0 amide bonds. The van der Waals surface area contributed by atoms with Gasteiger partial charge in [0.05, 0.1) is 0 Å². The van der Waals surface area contributed by atoms with Crippen LogP contribution in [0.3, 0.4) is 0 Å². The molecule has 0 aliphatic carbocycles. The summed E-state index contributed by atoms with van der Waals surface area (Å²) < 4.78 is 0. The molecule has 328 valence electrons. The molecule has 0 atom stereocenters. The van der Waals surface area contributed by atoms with Crippen molar-refractivity contribution in [3.8, 4) is 0 Å². The van der Waals surface area contributed by atoms with Crippen LogP contribution in [-0.4, -0.2) is 77.4 Å². The van der Waals surface area contributed by atoms with E-state index in [2.05, 4.69) is 184 Å². The maximum absolute atomic E-state index is 2.51. The molecule has 0 bridgehead atoms. The van der Waals surface area contributed by atoms with Crippen LogP contribution in [0.15, 0.2) is 97.1 Å². The van der Waals surface area contributed by atoms with Gasteiger partial charge in [0.15, 0.2) is 0 Å². The third kappa shape index (κ3) is 14.9. The van der Waals surface area contributed by atoms with Crippen molar-refractivity contribution in [1.29, 1.82) is 0 Å². The van der Waals surface area contributed by atoms with Gasteiger partial charge < -0.3 is 24.5 Å². The number of hydrogen-bond donors (Lipinski definition) is 0. The van der Waals surface area contributed by atoms with Crippen LogP contribution < -0.4 is 19.6 Å². The molecule has 0 unspecified atom stereocenters. The zero-order valence-electron chi connectivity index (χ0n) is 39.5. The van der Waals surface area contributed by atoms with E-state index >= 15 is 0 Å². The van der Waals surface area contributed by atoms with Gasteiger partial charge in [-0.05, 0) is 153 Å². The van der Waals surface area contributed by atoms with Gasteiger partial charge in [-0.3, -0.25) is 0 Å². The standard InChI is InChI=1S/C14H22N2.2C14H21N.C13H19N/c1-12(2)13-4-6-14(7-5-13)16-10-8-15(3)9-11-16;2*1-12(2)13-6-8-14(9-7-13)15-10-4-3-5-11-15;1-11(2)12-5-7-13(8-6-12)14-9-3-4-10-14/h4-7,12H,8-11H2,1-3H3;2*6-9,12H,3-5,10-11H2,1-2H3;5-8,11H,3-4,9-10H2,1-2H3. The lowest BCUT2D eigenvalue weighted by Gasteiger charge is -2.34. The van der Waals surface area contributed by atoms with E-state index in [4.69, 9.17) is 0 Å². The van der Waals surface area contributed by atoms with Crippen LogP contribution in [0.2, 0.25) is 0 Å². The van der Waals surface area contributed by atoms with E-state index in [1.165, 1.54) is 149 Å². The van der Waals surface area contributed by atoms with Crippen LogP contribution in [0.4, 0.5) is 22.7 Å². The van der Waals surface area contributed by atoms with Crippen LogP contribution in [0.1, 0.15) is 153 Å². The fourth-order valence-electron chi connectivity index (χ4n) is 8.62. The highest BCUT2D eigenvalue weighted by atomic mass is 15.2. The molecule has 4 aromatic rings. The number of rotatable bonds is 8. The van der Waals surface area contributed by atoms with Crippen LogP contribution in [0.25, 0.3) is 0 Å². The molecule has 4 heterocycles. The topological polar surface area (TPSA) is 16.2 Å². The first kappa shape index (κ1) is 47.1. The first-order valence-electron chi connectivity index (χ1n) is 24.1. The van der Waals surface area contributed by atoms with Crippen LogP contribution >= 0.6 is 0 Å². The second-order valence-electron chi connectivity index (χ2n) is 19.1. The Kier molecular flexibility index (Phi) is 19.2. The van der Waals surface area contributed by atoms with E-state index < -0.39 is 0 Å². The second-order valence-corrected chi connectivity index (χ2v) is 19.1. The van der Waals surface area contributed by atoms with E-state index in [-0.39, 0.29) is 0 Å². The zero-order chi connectivity index (χ0) is 42.9. The highest BCUT2D eigenvalue weighted by molar-refractivity contribution is 5.51. The van der Waals surface area contributed by atoms with Gasteiger partial charge in [-0.2, -0.15) is 0 Å². The van der Waals surface area contributed by atoms with Crippen molar-refractivity contribution >= 4 is 22.7 Å². The Labute approximate surface area is 368 Å². The molecule has 0 N–H and O–H groups in total. The Morgan fingerprint density at radius 2 is 0.467 bits per heavy atom. The molecule has 5 heteroatoms. The van der Waals surface area contributed by atoms with E-state index in [1.807, 2.05) is 0 Å². The van der Waals surface area contributed by atoms with Gasteiger partial charge in [-0.1, -0.05) is 104 Å². The minimum atomic E-state index is 0.626. The lowest BCUT2D eigenvalue weighted by Crippen LogP contribution is -2.44. The van der Waals surface area contributed by atoms with E-state index in [0.29, 0.717) is 23.7 Å². The molecule has 4 aliphatic rings. The Morgan fingerprint density at radius 3 is 0.683 bits per heavy atom. The van der Waals surface area contributed by atoms with Crippen molar-refractivity contribution in [2.24, 2.45) is 0 Å². The summed E-state index contributed by atoms with van der Waals surface area (Å²) >= 11 is 0. The molecule has 4 aromatic carbocycles. The van der Waals surface area contributed by atoms with Gasteiger partial charge in [0.2, 0.25) is 0 Å². The summed E-state index contributed by atoms with van der Waals surface area (Å²) in [5, 5.41) is 0. The number of piperazine rings is 1. The van der Waals surface area contributed by atoms with Crippen molar-refractivity contribution in [2.45, 2.75) is 130 Å². The lowest BCUT2D eigenvalue weighted by molar-refractivity contribution is 0.313. The summed E-state index contributed by atoms with van der Waals surface area (Å²) in [5.41, 5.74) is 11.3. The third-order valence-corrected chi connectivity index (χ3v) is 13.0. The quantitative estimate of drug-likeness (QED) is 0.176. The maximum atomic E-state index is 2.51. The normalized spacial score (nSPS) is 17.3. The van der Waals surface area contributed by atoms with E-state index in [9.17, 15) is 0 Å². The molecule has 60 heavy (non-hydrogen) atoms. The van der Waals surface area contributed by atoms with Gasteiger partial charge in [0, 0.05) is 88.2 Å². The molecule has 8 rings (SSSR count). The molecule has 4 aliphatic heterocycles. The molecule has 4 saturated heterocycles. The molecule has 0 aromatic heterocycles. The Morgan fingerprint density at radius 1 is 0.267 bits per heavy atom. The molecular weight excluding hydrogens is 731 g/mol. The zero-order valence-corrected chi connectivity index (χ0v) is 39.5. The fourth-order valence-corrected chi connectivity index (χ4v) is 8.62. The van der Waals surface area contributed by atoms with Crippen molar-refractivity contribution in [1.82, 2.24) is 4.90 Å². The smallest absolute Gasteiger partial charge is 0.0367 e. The number of hydrogen-bond acceptors (Lipinski definition) is 5. The maximum Gasteiger partial charge on any atom is 0.0367 e. The van der Waals surface area contributed by atoms with Gasteiger partial charge in [0.1, 0.15) is 0 Å². The number of benzene rings is 4. The Balaban J connectivity index is 0.000000152. The number of anilines is 4. The fraction of sp³-hybridized carbons (Fsp3) is 0.564. The minimum absolute atomic E-state index is 0.626. The average Bonchev–Trinajstić information content (AvgIpc) is 3.84. The van der Waals surface area contributed by atoms with Crippen molar-refractivity contribution in [2.75, 3.05) is 92.1 Å². The molecular formula is C55H83N5. The van der Waals surface area contributed by atoms with Gasteiger partial charge >= 0.3 is 0 Å². The second kappa shape index (κ2) is 24.5. The van der Waals surface area contributed by atoms with Crippen molar-refractivity contribution < 1.29 is 0 Å². The molecule has 0 spiro atoms. The van der Waals surface area contributed by atoms with Crippen LogP contribution in [0, 0.1) is 0 Å². The first-order valence-corrected chi connectivity index (χ1v) is 24.1. The summed E-state index contributed by atoms with van der Waals surface area (Å²) in [5.74, 6) is 2.55. The predicted octanol–water partition coefficient (Wildman–Crippen LogP) is 13.6. The molecule has 0 saturated carbocycles. The van der Waals surface area contributed by atoms with Crippen molar-refractivity contribution in [3.63, 3.8) is 0 Å². The number of nitrogens with zero attached hydrogens (tertiary/aromatic N) is 5. The third-order valence-electron chi connectivity index (χ3n) is 13.0.